The quantitative estimate of drug-likeness (QED) is 0.337. The Morgan fingerprint density at radius 2 is 1.75 bits per heavy atom. The molecule has 1 aromatic rings. The van der Waals surface area contributed by atoms with Gasteiger partial charge in [-0.05, 0) is 17.7 Å². The fourth-order valence-electron chi connectivity index (χ4n) is 2.16. The lowest BCUT2D eigenvalue weighted by atomic mass is 10.1. The number of hydroxylamine groups is 2. The maximum Gasteiger partial charge on any atom is 0.396 e. The molecule has 1 atom stereocenters. The van der Waals surface area contributed by atoms with E-state index in [4.69, 9.17) is 9.57 Å². The number of phenols is 1. The first-order valence-electron chi connectivity index (χ1n) is 8.39. The molecule has 0 fully saturated rings. The first-order chi connectivity index (χ1) is 13.3. The van der Waals surface area contributed by atoms with Crippen LogP contribution in [0.25, 0.3) is 0 Å². The van der Waals surface area contributed by atoms with Crippen LogP contribution in [0.15, 0.2) is 24.3 Å². The van der Waals surface area contributed by atoms with Crippen LogP contribution in [-0.4, -0.2) is 67.8 Å². The summed E-state index contributed by atoms with van der Waals surface area (Å²) in [5, 5.41) is 12.5. The number of nitrogens with zero attached hydrogens (tertiary/aromatic N) is 1. The molecule has 10 nitrogen and oxygen atoms in total. The van der Waals surface area contributed by atoms with Crippen molar-refractivity contribution in [2.24, 2.45) is 0 Å². The average Bonchev–Trinajstić information content (AvgIpc) is 2.67. The number of rotatable bonds is 9. The van der Waals surface area contributed by atoms with E-state index >= 15 is 0 Å². The fourth-order valence-corrected chi connectivity index (χ4v) is 2.16. The van der Waals surface area contributed by atoms with Crippen molar-refractivity contribution in [1.82, 2.24) is 10.4 Å². The summed E-state index contributed by atoms with van der Waals surface area (Å²) in [6, 6.07) is 5.46. The van der Waals surface area contributed by atoms with Crippen LogP contribution in [0, 0.1) is 0 Å². The number of carbonyl (C=O) groups excluding carboxylic acids is 4. The van der Waals surface area contributed by atoms with Crippen LogP contribution in [0.4, 0.5) is 0 Å². The average molecular weight is 396 g/mol. The highest BCUT2D eigenvalue weighted by Crippen LogP contribution is 2.10. The van der Waals surface area contributed by atoms with E-state index < -0.39 is 29.8 Å². The molecular formula is C18H24N2O8. The molecule has 2 N–H and O–H groups in total. The molecule has 0 radical (unpaired) electrons. The summed E-state index contributed by atoms with van der Waals surface area (Å²) >= 11 is 0. The number of nitrogens with one attached hydrogen (secondary N) is 1. The standard InChI is InChI=1S/C18H24N2O8/c1-20(27-3)15(22)10-13(19-17(24)18(25)26-2)11-16(23)28-9-8-12-4-6-14(21)7-5-12/h4-7,13,21H,8-11H2,1-3H3,(H,19,24). The lowest BCUT2D eigenvalue weighted by molar-refractivity contribution is -0.169. The van der Waals surface area contributed by atoms with Crippen LogP contribution in [0.3, 0.4) is 0 Å². The molecule has 0 aliphatic heterocycles. The zero-order valence-corrected chi connectivity index (χ0v) is 16.0. The molecule has 28 heavy (non-hydrogen) atoms. The molecule has 0 saturated carbocycles. The van der Waals surface area contributed by atoms with Crippen LogP contribution in [0.5, 0.6) is 5.75 Å². The normalized spacial score (nSPS) is 11.2. The van der Waals surface area contributed by atoms with Crippen molar-refractivity contribution in [2.75, 3.05) is 27.9 Å². The third-order valence-electron chi connectivity index (χ3n) is 3.76. The van der Waals surface area contributed by atoms with Gasteiger partial charge in [0.15, 0.2) is 0 Å². The number of methoxy groups -OCH3 is 1. The van der Waals surface area contributed by atoms with E-state index in [2.05, 4.69) is 10.1 Å². The van der Waals surface area contributed by atoms with E-state index in [1.54, 1.807) is 12.1 Å². The minimum Gasteiger partial charge on any atom is -0.508 e. The molecule has 0 aromatic heterocycles. The molecule has 10 heteroatoms. The highest BCUT2D eigenvalue weighted by molar-refractivity contribution is 6.32. The van der Waals surface area contributed by atoms with Crippen molar-refractivity contribution in [1.29, 1.82) is 0 Å². The lowest BCUT2D eigenvalue weighted by Crippen LogP contribution is -2.44. The van der Waals surface area contributed by atoms with E-state index in [9.17, 15) is 24.3 Å². The maximum atomic E-state index is 12.1. The Hall–Kier alpha value is -3.14. The summed E-state index contributed by atoms with van der Waals surface area (Å²) in [4.78, 5) is 51.8. The topological polar surface area (TPSA) is 131 Å². The van der Waals surface area contributed by atoms with Crippen molar-refractivity contribution in [3.63, 3.8) is 0 Å². The molecule has 154 valence electrons. The zero-order chi connectivity index (χ0) is 21.1. The van der Waals surface area contributed by atoms with Crippen LogP contribution in [0.1, 0.15) is 18.4 Å². The molecule has 0 aliphatic carbocycles. The number of hydrogen-bond donors (Lipinski definition) is 2. The minimum atomic E-state index is -1.14. The van der Waals surface area contributed by atoms with Gasteiger partial charge in [-0.3, -0.25) is 19.2 Å². The summed E-state index contributed by atoms with van der Waals surface area (Å²) < 4.78 is 9.43. The lowest BCUT2D eigenvalue weighted by Gasteiger charge is -2.20. The smallest absolute Gasteiger partial charge is 0.396 e. The third kappa shape index (κ3) is 8.04. The van der Waals surface area contributed by atoms with Crippen molar-refractivity contribution < 1.29 is 38.6 Å². The summed E-state index contributed by atoms with van der Waals surface area (Å²) in [6.45, 7) is 0.0766. The second-order valence-corrected chi connectivity index (χ2v) is 5.78. The number of ether oxygens (including phenoxy) is 2. The second-order valence-electron chi connectivity index (χ2n) is 5.78. The van der Waals surface area contributed by atoms with Gasteiger partial charge in [-0.25, -0.2) is 9.86 Å². The Morgan fingerprint density at radius 3 is 2.32 bits per heavy atom. The predicted molar refractivity (Wildman–Crippen MR) is 95.7 cm³/mol. The molecule has 0 heterocycles. The molecule has 2 amide bonds. The number of hydrogen-bond acceptors (Lipinski definition) is 8. The van der Waals surface area contributed by atoms with Gasteiger partial charge in [0.2, 0.25) is 5.91 Å². The molecule has 1 rings (SSSR count). The number of phenolic OH excluding ortho intramolecular Hbond substituents is 1. The first kappa shape index (κ1) is 22.9. The largest absolute Gasteiger partial charge is 0.508 e. The van der Waals surface area contributed by atoms with Crippen molar-refractivity contribution >= 4 is 23.8 Å². The van der Waals surface area contributed by atoms with Gasteiger partial charge in [-0.2, -0.15) is 0 Å². The Morgan fingerprint density at radius 1 is 1.11 bits per heavy atom. The van der Waals surface area contributed by atoms with Crippen LogP contribution < -0.4 is 5.32 Å². The highest BCUT2D eigenvalue weighted by Gasteiger charge is 2.25. The monoisotopic (exact) mass is 396 g/mol. The molecule has 1 aromatic carbocycles. The molecular weight excluding hydrogens is 372 g/mol. The van der Waals surface area contributed by atoms with Gasteiger partial charge in [0.25, 0.3) is 0 Å². The molecule has 1 unspecified atom stereocenters. The highest BCUT2D eigenvalue weighted by atomic mass is 16.7. The Labute approximate surface area is 162 Å². The predicted octanol–water partition coefficient (Wildman–Crippen LogP) is -0.0643. The zero-order valence-electron chi connectivity index (χ0n) is 16.0. The molecule has 0 saturated heterocycles. The number of esters is 2. The fraction of sp³-hybridized carbons (Fsp3) is 0.444. The van der Waals surface area contributed by atoms with Gasteiger partial charge in [0.1, 0.15) is 5.75 Å². The van der Waals surface area contributed by atoms with Crippen LogP contribution in [0.2, 0.25) is 0 Å². The summed E-state index contributed by atoms with van der Waals surface area (Å²) in [5.74, 6) is -3.23. The molecule has 0 aliphatic rings. The summed E-state index contributed by atoms with van der Waals surface area (Å²) in [6.07, 6.45) is -0.168. The van der Waals surface area contributed by atoms with E-state index in [0.717, 1.165) is 17.7 Å². The van der Waals surface area contributed by atoms with E-state index in [1.807, 2.05) is 0 Å². The van der Waals surface area contributed by atoms with Gasteiger partial charge in [0, 0.05) is 25.9 Å². The number of aromatic hydroxyl groups is 1. The summed E-state index contributed by atoms with van der Waals surface area (Å²) in [7, 11) is 3.70. The van der Waals surface area contributed by atoms with E-state index in [1.165, 1.54) is 26.3 Å². The Bertz CT molecular complexity index is 689. The number of carbonyl (C=O) groups is 4. The third-order valence-corrected chi connectivity index (χ3v) is 3.76. The Balaban J connectivity index is 2.60. The molecule has 0 spiro atoms. The molecule has 0 bridgehead atoms. The van der Waals surface area contributed by atoms with Crippen LogP contribution >= 0.6 is 0 Å². The van der Waals surface area contributed by atoms with Crippen molar-refractivity contribution in [2.45, 2.75) is 25.3 Å². The van der Waals surface area contributed by atoms with E-state index in [0.29, 0.717) is 6.42 Å². The van der Waals surface area contributed by atoms with Gasteiger partial charge < -0.3 is 19.9 Å². The number of amides is 2. The first-order valence-corrected chi connectivity index (χ1v) is 8.39. The van der Waals surface area contributed by atoms with Crippen LogP contribution in [-0.2, 0) is 39.9 Å². The van der Waals surface area contributed by atoms with Crippen molar-refractivity contribution in [3.05, 3.63) is 29.8 Å². The SMILES string of the molecule is COC(=O)C(=O)NC(CC(=O)OCCc1ccc(O)cc1)CC(=O)N(C)OC. The second kappa shape index (κ2) is 11.5. The van der Waals surface area contributed by atoms with Gasteiger partial charge in [-0.1, -0.05) is 12.1 Å². The Kier molecular flexibility index (Phi) is 9.44. The van der Waals surface area contributed by atoms with Gasteiger partial charge in [-0.15, -0.1) is 0 Å². The minimum absolute atomic E-state index is 0.0766. The number of benzene rings is 1. The summed E-state index contributed by atoms with van der Waals surface area (Å²) in [5.41, 5.74) is 0.859. The van der Waals surface area contributed by atoms with Crippen molar-refractivity contribution in [3.8, 4) is 5.75 Å². The maximum absolute atomic E-state index is 12.1. The van der Waals surface area contributed by atoms with E-state index in [-0.39, 0.29) is 25.2 Å². The van der Waals surface area contributed by atoms with Gasteiger partial charge in [0.05, 0.1) is 27.2 Å². The van der Waals surface area contributed by atoms with Gasteiger partial charge >= 0.3 is 17.8 Å².